The Hall–Kier alpha value is -3.12. The van der Waals surface area contributed by atoms with Gasteiger partial charge in [-0.3, -0.25) is 0 Å². The van der Waals surface area contributed by atoms with Crippen molar-refractivity contribution in [1.29, 1.82) is 0 Å². The van der Waals surface area contributed by atoms with Gasteiger partial charge < -0.3 is 20.3 Å². The molecule has 0 atom stereocenters. The van der Waals surface area contributed by atoms with E-state index in [2.05, 4.69) is 52.8 Å². The number of hydrogen-bond donors (Lipinski definition) is 2. The molecule has 6 heteroatoms. The molecule has 3 rings (SSSR count). The summed E-state index contributed by atoms with van der Waals surface area (Å²) in [5.41, 5.74) is 3.09. The minimum absolute atomic E-state index is 0.637. The first-order valence-electron chi connectivity index (χ1n) is 9.84. The molecule has 0 aliphatic rings. The summed E-state index contributed by atoms with van der Waals surface area (Å²) >= 11 is 0. The summed E-state index contributed by atoms with van der Waals surface area (Å²) in [5, 5.41) is 6.77. The van der Waals surface area contributed by atoms with Crippen LogP contribution in [0, 0.1) is 0 Å². The van der Waals surface area contributed by atoms with Crippen LogP contribution in [0.1, 0.15) is 12.0 Å². The maximum Gasteiger partial charge on any atom is 0.225 e. The van der Waals surface area contributed by atoms with Crippen LogP contribution in [0.5, 0.6) is 5.75 Å². The van der Waals surface area contributed by atoms with Crippen LogP contribution in [0.15, 0.2) is 60.7 Å². The summed E-state index contributed by atoms with van der Waals surface area (Å²) in [4.78, 5) is 11.5. The zero-order valence-corrected chi connectivity index (χ0v) is 17.4. The lowest BCUT2D eigenvalue weighted by Gasteiger charge is -2.13. The minimum Gasteiger partial charge on any atom is -0.497 e. The van der Waals surface area contributed by atoms with E-state index < -0.39 is 0 Å². The molecule has 152 valence electrons. The van der Waals surface area contributed by atoms with Crippen LogP contribution in [-0.4, -0.2) is 49.2 Å². The largest absolute Gasteiger partial charge is 0.497 e. The third-order valence-corrected chi connectivity index (χ3v) is 4.47. The van der Waals surface area contributed by atoms with Crippen molar-refractivity contribution in [2.75, 3.05) is 44.9 Å². The molecule has 1 heterocycles. The van der Waals surface area contributed by atoms with Crippen molar-refractivity contribution in [3.8, 4) is 17.0 Å². The van der Waals surface area contributed by atoms with E-state index in [1.54, 1.807) is 7.11 Å². The van der Waals surface area contributed by atoms with Crippen LogP contribution in [0.3, 0.4) is 0 Å². The van der Waals surface area contributed by atoms with Gasteiger partial charge >= 0.3 is 0 Å². The lowest BCUT2D eigenvalue weighted by molar-refractivity contribution is 0.405. The highest BCUT2D eigenvalue weighted by Gasteiger charge is 2.07. The number of nitrogens with zero attached hydrogens (tertiary/aromatic N) is 3. The Labute approximate surface area is 173 Å². The first kappa shape index (κ1) is 20.6. The summed E-state index contributed by atoms with van der Waals surface area (Å²) in [5.74, 6) is 2.27. The Balaban J connectivity index is 1.76. The summed E-state index contributed by atoms with van der Waals surface area (Å²) < 4.78 is 5.31. The molecule has 0 fully saturated rings. The van der Waals surface area contributed by atoms with Crippen molar-refractivity contribution < 1.29 is 4.74 Å². The number of aromatic nitrogens is 2. The van der Waals surface area contributed by atoms with Gasteiger partial charge in [0.15, 0.2) is 0 Å². The van der Waals surface area contributed by atoms with Gasteiger partial charge in [0.05, 0.1) is 12.8 Å². The molecule has 0 saturated heterocycles. The number of benzene rings is 2. The molecule has 1 aromatic heterocycles. The van der Waals surface area contributed by atoms with E-state index in [1.165, 1.54) is 0 Å². The zero-order chi connectivity index (χ0) is 20.5. The molecule has 0 spiro atoms. The fourth-order valence-electron chi connectivity index (χ4n) is 2.94. The Morgan fingerprint density at radius 1 is 0.931 bits per heavy atom. The van der Waals surface area contributed by atoms with Gasteiger partial charge in [-0.25, -0.2) is 4.98 Å². The van der Waals surface area contributed by atoms with E-state index in [0.717, 1.165) is 47.9 Å². The fourth-order valence-corrected chi connectivity index (χ4v) is 2.94. The monoisotopic (exact) mass is 391 g/mol. The molecular weight excluding hydrogens is 362 g/mol. The maximum absolute atomic E-state index is 5.31. The summed E-state index contributed by atoms with van der Waals surface area (Å²) in [6.07, 6.45) is 1.03. The quantitative estimate of drug-likeness (QED) is 0.507. The molecule has 0 amide bonds. The van der Waals surface area contributed by atoms with Crippen molar-refractivity contribution >= 4 is 11.8 Å². The lowest BCUT2D eigenvalue weighted by Crippen LogP contribution is -2.17. The van der Waals surface area contributed by atoms with Gasteiger partial charge in [-0.2, -0.15) is 4.98 Å². The first-order chi connectivity index (χ1) is 14.1. The predicted octanol–water partition coefficient (Wildman–Crippen LogP) is 4.13. The molecule has 0 unspecified atom stereocenters. The molecule has 0 bridgehead atoms. The van der Waals surface area contributed by atoms with Gasteiger partial charge in [-0.05, 0) is 44.8 Å². The lowest BCUT2D eigenvalue weighted by atomic mass is 10.1. The van der Waals surface area contributed by atoms with Crippen molar-refractivity contribution in [1.82, 2.24) is 14.9 Å². The SMILES string of the molecule is COc1cccc(CNc2cc(-c3ccccc3)nc(NCCCN(C)C)n2)c1. The Bertz CT molecular complexity index is 899. The Morgan fingerprint density at radius 3 is 2.52 bits per heavy atom. The van der Waals surface area contributed by atoms with E-state index >= 15 is 0 Å². The highest BCUT2D eigenvalue weighted by molar-refractivity contribution is 5.64. The summed E-state index contributed by atoms with van der Waals surface area (Å²) in [6.45, 7) is 2.50. The van der Waals surface area contributed by atoms with Crippen molar-refractivity contribution in [3.05, 3.63) is 66.2 Å². The molecule has 6 nitrogen and oxygen atoms in total. The number of nitrogens with one attached hydrogen (secondary N) is 2. The van der Waals surface area contributed by atoms with Crippen molar-refractivity contribution in [2.24, 2.45) is 0 Å². The number of rotatable bonds is 10. The molecule has 0 aliphatic carbocycles. The Morgan fingerprint density at radius 2 is 1.76 bits per heavy atom. The van der Waals surface area contributed by atoms with Gasteiger partial charge in [0.1, 0.15) is 11.6 Å². The minimum atomic E-state index is 0.637. The van der Waals surface area contributed by atoms with E-state index in [9.17, 15) is 0 Å². The average molecular weight is 392 g/mol. The predicted molar refractivity (Wildman–Crippen MR) is 119 cm³/mol. The second-order valence-electron chi connectivity index (χ2n) is 7.12. The van der Waals surface area contributed by atoms with E-state index in [4.69, 9.17) is 9.72 Å². The second kappa shape index (κ2) is 10.4. The highest BCUT2D eigenvalue weighted by Crippen LogP contribution is 2.22. The maximum atomic E-state index is 5.31. The Kier molecular flexibility index (Phi) is 7.41. The second-order valence-corrected chi connectivity index (χ2v) is 7.12. The summed E-state index contributed by atoms with van der Waals surface area (Å²) in [7, 11) is 5.83. The van der Waals surface area contributed by atoms with E-state index in [1.807, 2.05) is 42.5 Å². The fraction of sp³-hybridized carbons (Fsp3) is 0.304. The van der Waals surface area contributed by atoms with Gasteiger partial charge in [0.2, 0.25) is 5.95 Å². The average Bonchev–Trinajstić information content (AvgIpc) is 2.76. The van der Waals surface area contributed by atoms with Gasteiger partial charge in [-0.15, -0.1) is 0 Å². The summed E-state index contributed by atoms with van der Waals surface area (Å²) in [6, 6.07) is 20.2. The van der Waals surface area contributed by atoms with Gasteiger partial charge in [0, 0.05) is 24.7 Å². The molecule has 2 aromatic carbocycles. The zero-order valence-electron chi connectivity index (χ0n) is 17.4. The van der Waals surface area contributed by atoms with Crippen LogP contribution in [-0.2, 0) is 6.54 Å². The van der Waals surface area contributed by atoms with E-state index in [-0.39, 0.29) is 0 Å². The first-order valence-corrected chi connectivity index (χ1v) is 9.84. The number of hydrogen-bond acceptors (Lipinski definition) is 6. The smallest absolute Gasteiger partial charge is 0.225 e. The van der Waals surface area contributed by atoms with Gasteiger partial charge in [0.25, 0.3) is 0 Å². The molecule has 0 saturated carbocycles. The standard InChI is InChI=1S/C23H29N5O/c1-28(2)14-8-13-24-23-26-21(19-10-5-4-6-11-19)16-22(27-23)25-17-18-9-7-12-20(15-18)29-3/h4-7,9-12,15-16H,8,13-14,17H2,1-3H3,(H2,24,25,26,27). The molecular formula is C23H29N5O. The van der Waals surface area contributed by atoms with Crippen molar-refractivity contribution in [2.45, 2.75) is 13.0 Å². The van der Waals surface area contributed by atoms with Crippen molar-refractivity contribution in [3.63, 3.8) is 0 Å². The molecule has 29 heavy (non-hydrogen) atoms. The molecule has 0 radical (unpaired) electrons. The third-order valence-electron chi connectivity index (χ3n) is 4.47. The molecule has 0 aliphatic heterocycles. The van der Waals surface area contributed by atoms with Gasteiger partial charge in [-0.1, -0.05) is 42.5 Å². The topological polar surface area (TPSA) is 62.3 Å². The molecule has 3 aromatic rings. The van der Waals surface area contributed by atoms with E-state index in [0.29, 0.717) is 12.5 Å². The normalized spacial score (nSPS) is 10.8. The van der Waals surface area contributed by atoms with Crippen LogP contribution in [0.2, 0.25) is 0 Å². The number of ether oxygens (including phenoxy) is 1. The van der Waals surface area contributed by atoms with Crippen LogP contribution < -0.4 is 15.4 Å². The highest BCUT2D eigenvalue weighted by atomic mass is 16.5. The molecule has 2 N–H and O–H groups in total. The van der Waals surface area contributed by atoms with Crippen LogP contribution >= 0.6 is 0 Å². The number of methoxy groups -OCH3 is 1. The third kappa shape index (κ3) is 6.47. The van der Waals surface area contributed by atoms with Crippen LogP contribution in [0.25, 0.3) is 11.3 Å². The van der Waals surface area contributed by atoms with Crippen LogP contribution in [0.4, 0.5) is 11.8 Å². The number of anilines is 2.